The molecule has 1 N–H and O–H groups in total. The van der Waals surface area contributed by atoms with Gasteiger partial charge in [0, 0.05) is 29.1 Å². The minimum Gasteiger partial charge on any atom is -0.362 e. The van der Waals surface area contributed by atoms with Gasteiger partial charge in [0.2, 0.25) is 0 Å². The molecule has 2 nitrogen and oxygen atoms in total. The van der Waals surface area contributed by atoms with Crippen molar-refractivity contribution in [2.45, 2.75) is 39.3 Å². The van der Waals surface area contributed by atoms with Gasteiger partial charge in [-0.05, 0) is 47.8 Å². The maximum Gasteiger partial charge on any atom is 0.147 e. The second kappa shape index (κ2) is 5.41. The number of para-hydroxylation sites is 1. The van der Waals surface area contributed by atoms with E-state index in [9.17, 15) is 4.39 Å². The molecule has 0 bridgehead atoms. The number of hydrogen-bond donors (Lipinski definition) is 1. The van der Waals surface area contributed by atoms with Crippen LogP contribution in [0.2, 0.25) is 0 Å². The Hall–Kier alpha value is -0.610. The predicted octanol–water partition coefficient (Wildman–Crippen LogP) is 3.80. The maximum atomic E-state index is 14.2. The molecule has 2 rings (SSSR count). The third kappa shape index (κ3) is 3.11. The van der Waals surface area contributed by atoms with Gasteiger partial charge in [0.25, 0.3) is 0 Å². The second-order valence-electron chi connectivity index (χ2n) is 6.27. The molecule has 1 atom stereocenters. The predicted molar refractivity (Wildman–Crippen MR) is 82.2 cm³/mol. The van der Waals surface area contributed by atoms with Gasteiger partial charge in [0.15, 0.2) is 0 Å². The molecule has 1 saturated heterocycles. The lowest BCUT2D eigenvalue weighted by atomic mass is 9.92. The van der Waals surface area contributed by atoms with Crippen molar-refractivity contribution in [3.63, 3.8) is 0 Å². The fraction of sp³-hybridized carbons (Fsp3) is 0.600. The summed E-state index contributed by atoms with van der Waals surface area (Å²) in [6, 6.07) is 5.49. The number of nitrogens with zero attached hydrogens (tertiary/aromatic N) is 1. The van der Waals surface area contributed by atoms with Crippen molar-refractivity contribution >= 4 is 21.6 Å². The Morgan fingerprint density at radius 1 is 1.42 bits per heavy atom. The zero-order chi connectivity index (χ0) is 14.2. The largest absolute Gasteiger partial charge is 0.362 e. The lowest BCUT2D eigenvalue weighted by molar-refractivity contribution is 0.275. The van der Waals surface area contributed by atoms with E-state index < -0.39 is 0 Å². The van der Waals surface area contributed by atoms with Crippen LogP contribution in [0.25, 0.3) is 0 Å². The van der Waals surface area contributed by atoms with Crippen molar-refractivity contribution in [3.05, 3.63) is 28.5 Å². The summed E-state index contributed by atoms with van der Waals surface area (Å²) in [6.07, 6.45) is 0. The number of halogens is 2. The summed E-state index contributed by atoms with van der Waals surface area (Å²) in [5.74, 6) is 0.313. The monoisotopic (exact) mass is 328 g/mol. The van der Waals surface area contributed by atoms with Crippen LogP contribution in [0.3, 0.4) is 0 Å². The van der Waals surface area contributed by atoms with E-state index in [4.69, 9.17) is 0 Å². The number of nitrogens with one attached hydrogen (secondary N) is 1. The summed E-state index contributed by atoms with van der Waals surface area (Å²) < 4.78 is 15.1. The highest BCUT2D eigenvalue weighted by Gasteiger charge is 2.35. The van der Waals surface area contributed by atoms with Gasteiger partial charge in [-0.2, -0.15) is 0 Å². The molecular formula is C15H22BrFN2. The molecule has 0 aliphatic carbocycles. The molecule has 0 amide bonds. The summed E-state index contributed by atoms with van der Waals surface area (Å²) in [5.41, 5.74) is 0.684. The van der Waals surface area contributed by atoms with E-state index in [1.54, 1.807) is 6.07 Å². The van der Waals surface area contributed by atoms with Crippen molar-refractivity contribution in [2.24, 2.45) is 5.92 Å². The van der Waals surface area contributed by atoms with Gasteiger partial charge in [0.1, 0.15) is 5.82 Å². The van der Waals surface area contributed by atoms with E-state index >= 15 is 0 Å². The van der Waals surface area contributed by atoms with E-state index in [1.165, 1.54) is 6.07 Å². The molecule has 4 heteroatoms. The number of benzene rings is 1. The van der Waals surface area contributed by atoms with Gasteiger partial charge in [-0.25, -0.2) is 4.39 Å². The number of piperazine rings is 1. The van der Waals surface area contributed by atoms with E-state index in [1.807, 2.05) is 6.07 Å². The van der Waals surface area contributed by atoms with Crippen molar-refractivity contribution in [2.75, 3.05) is 18.0 Å². The fourth-order valence-electron chi connectivity index (χ4n) is 2.69. The van der Waals surface area contributed by atoms with Crippen molar-refractivity contribution in [1.82, 2.24) is 5.32 Å². The SMILES string of the molecule is CC(C)C1CNC(C)(C)CN1c1c(F)cccc1Br. The van der Waals surface area contributed by atoms with Crippen molar-refractivity contribution < 1.29 is 4.39 Å². The molecule has 106 valence electrons. The van der Waals surface area contributed by atoms with E-state index in [2.05, 4.69) is 53.8 Å². The van der Waals surface area contributed by atoms with E-state index in [-0.39, 0.29) is 11.4 Å². The standard InChI is InChI=1S/C15H22BrFN2/c1-10(2)13-8-18-15(3,4)9-19(13)14-11(16)6-5-7-12(14)17/h5-7,10,13,18H,8-9H2,1-4H3. The quantitative estimate of drug-likeness (QED) is 0.888. The molecule has 1 fully saturated rings. The summed E-state index contributed by atoms with van der Waals surface area (Å²) in [5, 5.41) is 3.55. The highest BCUT2D eigenvalue weighted by molar-refractivity contribution is 9.10. The normalized spacial score (nSPS) is 22.9. The van der Waals surface area contributed by atoms with E-state index in [0.717, 1.165) is 17.6 Å². The van der Waals surface area contributed by atoms with Gasteiger partial charge in [0.05, 0.1) is 5.69 Å². The van der Waals surface area contributed by atoms with Gasteiger partial charge >= 0.3 is 0 Å². The molecule has 0 spiro atoms. The third-order valence-electron chi connectivity index (χ3n) is 3.75. The smallest absolute Gasteiger partial charge is 0.147 e. The van der Waals surface area contributed by atoms with Crippen LogP contribution >= 0.6 is 15.9 Å². The average Bonchev–Trinajstić information content (AvgIpc) is 2.27. The fourth-order valence-corrected chi connectivity index (χ4v) is 3.26. The molecule has 0 radical (unpaired) electrons. The Bertz CT molecular complexity index is 439. The van der Waals surface area contributed by atoms with Crippen LogP contribution < -0.4 is 10.2 Å². The lowest BCUT2D eigenvalue weighted by Gasteiger charge is -2.47. The molecular weight excluding hydrogens is 307 g/mol. The third-order valence-corrected chi connectivity index (χ3v) is 4.39. The number of hydrogen-bond acceptors (Lipinski definition) is 2. The van der Waals surface area contributed by atoms with Crippen LogP contribution in [-0.2, 0) is 0 Å². The van der Waals surface area contributed by atoms with Crippen LogP contribution in [0.15, 0.2) is 22.7 Å². The first kappa shape index (κ1) is 14.8. The van der Waals surface area contributed by atoms with Gasteiger partial charge in [-0.1, -0.05) is 19.9 Å². The minimum atomic E-state index is -0.155. The molecule has 1 heterocycles. The minimum absolute atomic E-state index is 0.00683. The van der Waals surface area contributed by atoms with E-state index in [0.29, 0.717) is 17.6 Å². The highest BCUT2D eigenvalue weighted by Crippen LogP contribution is 2.34. The molecule has 1 aliphatic rings. The zero-order valence-electron chi connectivity index (χ0n) is 12.0. The molecule has 19 heavy (non-hydrogen) atoms. The molecule has 1 unspecified atom stereocenters. The Kier molecular flexibility index (Phi) is 4.21. The molecule has 1 aromatic rings. The molecule has 1 aromatic carbocycles. The van der Waals surface area contributed by atoms with Crippen LogP contribution in [0.1, 0.15) is 27.7 Å². The van der Waals surface area contributed by atoms with Crippen molar-refractivity contribution in [1.29, 1.82) is 0 Å². The number of anilines is 1. The average molecular weight is 329 g/mol. The highest BCUT2D eigenvalue weighted by atomic mass is 79.9. The summed E-state index contributed by atoms with van der Waals surface area (Å²) in [4.78, 5) is 2.21. The van der Waals surface area contributed by atoms with Gasteiger partial charge < -0.3 is 10.2 Å². The van der Waals surface area contributed by atoms with Crippen LogP contribution in [0.4, 0.5) is 10.1 Å². The summed E-state index contributed by atoms with van der Waals surface area (Å²) >= 11 is 3.49. The lowest BCUT2D eigenvalue weighted by Crippen LogP contribution is -2.63. The van der Waals surface area contributed by atoms with Crippen LogP contribution in [0.5, 0.6) is 0 Å². The van der Waals surface area contributed by atoms with Crippen LogP contribution in [0, 0.1) is 11.7 Å². The zero-order valence-corrected chi connectivity index (χ0v) is 13.6. The summed E-state index contributed by atoms with van der Waals surface area (Å²) in [7, 11) is 0. The molecule has 0 saturated carbocycles. The second-order valence-corrected chi connectivity index (χ2v) is 7.13. The Balaban J connectivity index is 2.42. The first-order chi connectivity index (χ1) is 8.82. The topological polar surface area (TPSA) is 15.3 Å². The van der Waals surface area contributed by atoms with Crippen LogP contribution in [-0.4, -0.2) is 24.7 Å². The van der Waals surface area contributed by atoms with Crippen molar-refractivity contribution in [3.8, 4) is 0 Å². The maximum absolute atomic E-state index is 14.2. The molecule has 0 aromatic heterocycles. The van der Waals surface area contributed by atoms with Gasteiger partial charge in [-0.15, -0.1) is 0 Å². The summed E-state index contributed by atoms with van der Waals surface area (Å²) in [6.45, 7) is 10.4. The first-order valence-corrected chi connectivity index (χ1v) is 7.57. The Labute approximate surface area is 123 Å². The van der Waals surface area contributed by atoms with Gasteiger partial charge in [-0.3, -0.25) is 0 Å². The molecule has 1 aliphatic heterocycles. The Morgan fingerprint density at radius 2 is 2.11 bits per heavy atom. The number of rotatable bonds is 2. The Morgan fingerprint density at radius 3 is 2.68 bits per heavy atom. The first-order valence-electron chi connectivity index (χ1n) is 6.77.